The second-order valence-corrected chi connectivity index (χ2v) is 5.98. The van der Waals surface area contributed by atoms with Crippen molar-refractivity contribution in [3.63, 3.8) is 0 Å². The normalized spacial score (nSPS) is 25.9. The summed E-state index contributed by atoms with van der Waals surface area (Å²) in [4.78, 5) is 14.4. The quantitative estimate of drug-likeness (QED) is 0.880. The second kappa shape index (κ2) is 6.02. The number of carbonyl (C=O) groups is 1. The Kier molecular flexibility index (Phi) is 4.13. The zero-order valence-corrected chi connectivity index (χ0v) is 12.2. The van der Waals surface area contributed by atoms with Crippen molar-refractivity contribution in [1.29, 1.82) is 0 Å². The van der Waals surface area contributed by atoms with Gasteiger partial charge in [-0.2, -0.15) is 0 Å². The van der Waals surface area contributed by atoms with E-state index in [2.05, 4.69) is 10.6 Å². The Bertz CT molecular complexity index is 488. The lowest BCUT2D eigenvalue weighted by molar-refractivity contribution is 0.195. The molecule has 2 saturated heterocycles. The van der Waals surface area contributed by atoms with Crippen molar-refractivity contribution in [3.05, 3.63) is 29.3 Å². The number of likely N-dealkylation sites (tertiary alicyclic amines) is 1. The first-order valence-corrected chi connectivity index (χ1v) is 7.68. The summed E-state index contributed by atoms with van der Waals surface area (Å²) in [5, 5.41) is 7.10. The average molecular weight is 294 g/mol. The molecule has 2 aliphatic heterocycles. The zero-order valence-electron chi connectivity index (χ0n) is 11.4. The highest BCUT2D eigenvalue weighted by Gasteiger charge is 2.35. The monoisotopic (exact) mass is 293 g/mol. The molecule has 5 heteroatoms. The molecule has 1 aromatic carbocycles. The standard InChI is InChI=1S/C15H20ClN3O/c16-11-4-1-5-12(10-11)18-15(20)19-9-3-7-14(19)13-6-2-8-17-13/h1,4-5,10,13-14,17H,2-3,6-9H2,(H,18,20). The van der Waals surface area contributed by atoms with Crippen LogP contribution in [0.25, 0.3) is 0 Å². The van der Waals surface area contributed by atoms with Crippen molar-refractivity contribution in [3.8, 4) is 0 Å². The van der Waals surface area contributed by atoms with Crippen LogP contribution >= 0.6 is 11.6 Å². The molecule has 0 radical (unpaired) electrons. The summed E-state index contributed by atoms with van der Waals surface area (Å²) in [5.74, 6) is 0. The second-order valence-electron chi connectivity index (χ2n) is 5.55. The number of benzene rings is 1. The molecule has 2 N–H and O–H groups in total. The molecule has 1 aromatic rings. The number of urea groups is 1. The number of nitrogens with zero attached hydrogens (tertiary/aromatic N) is 1. The van der Waals surface area contributed by atoms with Gasteiger partial charge in [-0.1, -0.05) is 17.7 Å². The van der Waals surface area contributed by atoms with Crippen LogP contribution in [0.5, 0.6) is 0 Å². The van der Waals surface area contributed by atoms with Gasteiger partial charge < -0.3 is 15.5 Å². The number of hydrogen-bond donors (Lipinski definition) is 2. The van der Waals surface area contributed by atoms with Gasteiger partial charge in [0, 0.05) is 29.3 Å². The minimum Gasteiger partial charge on any atom is -0.320 e. The van der Waals surface area contributed by atoms with Crippen LogP contribution in [-0.4, -0.2) is 36.1 Å². The molecule has 0 saturated carbocycles. The predicted octanol–water partition coefficient (Wildman–Crippen LogP) is 3.09. The summed E-state index contributed by atoms with van der Waals surface area (Å²) < 4.78 is 0. The SMILES string of the molecule is O=C(Nc1cccc(Cl)c1)N1CCCC1C1CCCN1. The molecule has 2 heterocycles. The molecule has 0 bridgehead atoms. The van der Waals surface area contributed by atoms with Crippen molar-refractivity contribution < 1.29 is 4.79 Å². The van der Waals surface area contributed by atoms with Gasteiger partial charge in [0.25, 0.3) is 0 Å². The lowest BCUT2D eigenvalue weighted by Gasteiger charge is -2.29. The van der Waals surface area contributed by atoms with E-state index in [0.717, 1.165) is 31.6 Å². The van der Waals surface area contributed by atoms with Gasteiger partial charge in [-0.25, -0.2) is 4.79 Å². The molecule has 2 amide bonds. The van der Waals surface area contributed by atoms with Crippen molar-refractivity contribution in [2.75, 3.05) is 18.4 Å². The molecule has 2 aliphatic rings. The molecule has 2 atom stereocenters. The highest BCUT2D eigenvalue weighted by Crippen LogP contribution is 2.26. The van der Waals surface area contributed by atoms with Gasteiger partial charge in [0.05, 0.1) is 0 Å². The van der Waals surface area contributed by atoms with Crippen molar-refractivity contribution in [1.82, 2.24) is 10.2 Å². The van der Waals surface area contributed by atoms with Crippen LogP contribution in [0.2, 0.25) is 5.02 Å². The van der Waals surface area contributed by atoms with Crippen LogP contribution in [0, 0.1) is 0 Å². The molecule has 0 aromatic heterocycles. The van der Waals surface area contributed by atoms with Crippen LogP contribution in [0.3, 0.4) is 0 Å². The first-order chi connectivity index (χ1) is 9.74. The first kappa shape index (κ1) is 13.7. The number of nitrogens with one attached hydrogen (secondary N) is 2. The maximum absolute atomic E-state index is 12.4. The van der Waals surface area contributed by atoms with Gasteiger partial charge in [-0.3, -0.25) is 0 Å². The molecular formula is C15H20ClN3O. The molecule has 20 heavy (non-hydrogen) atoms. The van der Waals surface area contributed by atoms with E-state index in [1.54, 1.807) is 12.1 Å². The number of hydrogen-bond acceptors (Lipinski definition) is 2. The maximum atomic E-state index is 12.4. The fraction of sp³-hybridized carbons (Fsp3) is 0.533. The third-order valence-electron chi connectivity index (χ3n) is 4.20. The number of anilines is 1. The highest BCUT2D eigenvalue weighted by molar-refractivity contribution is 6.30. The third-order valence-corrected chi connectivity index (χ3v) is 4.43. The third kappa shape index (κ3) is 2.91. The smallest absolute Gasteiger partial charge is 0.320 e. The van der Waals surface area contributed by atoms with E-state index in [-0.39, 0.29) is 6.03 Å². The average Bonchev–Trinajstić information content (AvgIpc) is 3.09. The van der Waals surface area contributed by atoms with Gasteiger partial charge in [0.2, 0.25) is 0 Å². The summed E-state index contributed by atoms with van der Waals surface area (Å²) in [6.07, 6.45) is 4.57. The maximum Gasteiger partial charge on any atom is 0.322 e. The fourth-order valence-corrected chi connectivity index (χ4v) is 3.45. The molecule has 4 nitrogen and oxygen atoms in total. The van der Waals surface area contributed by atoms with E-state index in [9.17, 15) is 4.79 Å². The van der Waals surface area contributed by atoms with Crippen LogP contribution in [0.1, 0.15) is 25.7 Å². The van der Waals surface area contributed by atoms with Crippen LogP contribution in [0.4, 0.5) is 10.5 Å². The lowest BCUT2D eigenvalue weighted by Crippen LogP contribution is -2.48. The molecule has 0 spiro atoms. The van der Waals surface area contributed by atoms with Gasteiger partial charge >= 0.3 is 6.03 Å². The number of rotatable bonds is 2. The molecular weight excluding hydrogens is 274 g/mol. The lowest BCUT2D eigenvalue weighted by atomic mass is 10.0. The van der Waals surface area contributed by atoms with E-state index in [0.29, 0.717) is 17.1 Å². The summed E-state index contributed by atoms with van der Waals surface area (Å²) in [6.45, 7) is 1.92. The van der Waals surface area contributed by atoms with E-state index in [1.165, 1.54) is 12.8 Å². The summed E-state index contributed by atoms with van der Waals surface area (Å²) >= 11 is 5.95. The van der Waals surface area contributed by atoms with Crippen molar-refractivity contribution in [2.45, 2.75) is 37.8 Å². The largest absolute Gasteiger partial charge is 0.322 e. The van der Waals surface area contributed by atoms with Gasteiger partial charge in [-0.15, -0.1) is 0 Å². The van der Waals surface area contributed by atoms with Crippen LogP contribution in [-0.2, 0) is 0 Å². The Balaban J connectivity index is 1.66. The zero-order chi connectivity index (χ0) is 13.9. The van der Waals surface area contributed by atoms with Gasteiger partial charge in [-0.05, 0) is 50.4 Å². The summed E-state index contributed by atoms with van der Waals surface area (Å²) in [5.41, 5.74) is 0.757. The van der Waals surface area contributed by atoms with Crippen LogP contribution in [0.15, 0.2) is 24.3 Å². The fourth-order valence-electron chi connectivity index (χ4n) is 3.26. The number of carbonyl (C=O) groups excluding carboxylic acids is 1. The van der Waals surface area contributed by atoms with E-state index in [1.807, 2.05) is 17.0 Å². The Morgan fingerprint density at radius 2 is 2.25 bits per heavy atom. The summed E-state index contributed by atoms with van der Waals surface area (Å²) in [6, 6.07) is 8.07. The minimum absolute atomic E-state index is 0.0107. The van der Waals surface area contributed by atoms with Crippen LogP contribution < -0.4 is 10.6 Å². The van der Waals surface area contributed by atoms with Crippen molar-refractivity contribution >= 4 is 23.3 Å². The molecule has 2 fully saturated rings. The number of amides is 2. The summed E-state index contributed by atoms with van der Waals surface area (Å²) in [7, 11) is 0. The Morgan fingerprint density at radius 1 is 1.35 bits per heavy atom. The number of halogens is 1. The predicted molar refractivity (Wildman–Crippen MR) is 81.2 cm³/mol. The van der Waals surface area contributed by atoms with E-state index >= 15 is 0 Å². The van der Waals surface area contributed by atoms with E-state index < -0.39 is 0 Å². The van der Waals surface area contributed by atoms with Crippen molar-refractivity contribution in [2.24, 2.45) is 0 Å². The Labute approximate surface area is 124 Å². The molecule has 108 valence electrons. The van der Waals surface area contributed by atoms with E-state index in [4.69, 9.17) is 11.6 Å². The Morgan fingerprint density at radius 3 is 3.00 bits per heavy atom. The Hall–Kier alpha value is -1.26. The highest BCUT2D eigenvalue weighted by atomic mass is 35.5. The first-order valence-electron chi connectivity index (χ1n) is 7.30. The minimum atomic E-state index is -0.0107. The van der Waals surface area contributed by atoms with Gasteiger partial charge in [0.15, 0.2) is 0 Å². The van der Waals surface area contributed by atoms with Gasteiger partial charge in [0.1, 0.15) is 0 Å². The molecule has 0 aliphatic carbocycles. The topological polar surface area (TPSA) is 44.4 Å². The molecule has 3 rings (SSSR count). The molecule has 2 unspecified atom stereocenters.